The summed E-state index contributed by atoms with van der Waals surface area (Å²) in [6, 6.07) is 14.1. The molecule has 0 aliphatic carbocycles. The van der Waals surface area contributed by atoms with Crippen LogP contribution in [-0.2, 0) is 10.0 Å². The maximum atomic E-state index is 13.5. The van der Waals surface area contributed by atoms with Gasteiger partial charge >= 0.3 is 0 Å². The van der Waals surface area contributed by atoms with Crippen LogP contribution in [0.1, 0.15) is 24.4 Å². The number of benzene rings is 2. The molecule has 4 unspecified atom stereocenters. The van der Waals surface area contributed by atoms with Gasteiger partial charge in [-0.25, -0.2) is 13.1 Å². The summed E-state index contributed by atoms with van der Waals surface area (Å²) in [6.07, 6.45) is 5.67. The molecule has 0 saturated carbocycles. The van der Waals surface area contributed by atoms with Crippen molar-refractivity contribution in [2.45, 2.75) is 29.8 Å². The van der Waals surface area contributed by atoms with E-state index in [1.807, 2.05) is 36.4 Å². The van der Waals surface area contributed by atoms with Crippen molar-refractivity contribution in [1.29, 1.82) is 0 Å². The highest BCUT2D eigenvalue weighted by Gasteiger charge is 2.44. The highest BCUT2D eigenvalue weighted by Crippen LogP contribution is 2.42. The van der Waals surface area contributed by atoms with E-state index in [2.05, 4.69) is 21.2 Å². The summed E-state index contributed by atoms with van der Waals surface area (Å²) in [7, 11) is -3.94. The van der Waals surface area contributed by atoms with Crippen LogP contribution in [0.2, 0.25) is 0 Å². The number of hydrogen-bond donors (Lipinski definition) is 1. The molecule has 0 radical (unpaired) electrons. The summed E-state index contributed by atoms with van der Waals surface area (Å²) in [5, 5.41) is 11.9. The van der Waals surface area contributed by atoms with E-state index in [0.29, 0.717) is 11.8 Å². The SMILES string of the molecule is C=CC1CN2CCC1CC2[C@@H](NS(=O)(=O)c1ccc([N+](=O)[O-])cc1)c1ccnc2ccccc12. The summed E-state index contributed by atoms with van der Waals surface area (Å²) in [4.78, 5) is 17.3. The van der Waals surface area contributed by atoms with Crippen LogP contribution < -0.4 is 4.72 Å². The fraction of sp³-hybridized carbons (Fsp3) is 0.320. The van der Waals surface area contributed by atoms with E-state index >= 15 is 0 Å². The minimum Gasteiger partial charge on any atom is -0.298 e. The van der Waals surface area contributed by atoms with E-state index in [9.17, 15) is 18.5 Å². The van der Waals surface area contributed by atoms with E-state index < -0.39 is 21.0 Å². The van der Waals surface area contributed by atoms with E-state index in [4.69, 9.17) is 0 Å². The molecule has 3 aliphatic heterocycles. The van der Waals surface area contributed by atoms with Crippen molar-refractivity contribution in [3.05, 3.63) is 89.1 Å². The van der Waals surface area contributed by atoms with Crippen LogP contribution in [-0.4, -0.2) is 42.4 Å². The van der Waals surface area contributed by atoms with Gasteiger partial charge < -0.3 is 0 Å². The second-order valence-corrected chi connectivity index (χ2v) is 10.7. The van der Waals surface area contributed by atoms with Gasteiger partial charge in [0.2, 0.25) is 10.0 Å². The number of pyridine rings is 1. The molecule has 1 aromatic heterocycles. The molecule has 34 heavy (non-hydrogen) atoms. The zero-order valence-electron chi connectivity index (χ0n) is 18.6. The first-order valence-electron chi connectivity index (χ1n) is 11.3. The van der Waals surface area contributed by atoms with E-state index in [1.165, 1.54) is 24.3 Å². The van der Waals surface area contributed by atoms with Crippen molar-refractivity contribution in [2.75, 3.05) is 13.1 Å². The summed E-state index contributed by atoms with van der Waals surface area (Å²) in [6.45, 7) is 5.77. The molecule has 1 N–H and O–H groups in total. The first-order chi connectivity index (χ1) is 16.4. The molecule has 2 bridgehead atoms. The normalized spacial score (nSPS) is 25.2. The van der Waals surface area contributed by atoms with Crippen LogP contribution in [0.25, 0.3) is 10.9 Å². The predicted octanol–water partition coefficient (Wildman–Crippen LogP) is 4.06. The number of para-hydroxylation sites is 1. The van der Waals surface area contributed by atoms with Crippen molar-refractivity contribution in [3.8, 4) is 0 Å². The molecular weight excluding hydrogens is 452 g/mol. The van der Waals surface area contributed by atoms with Gasteiger partial charge in [0.25, 0.3) is 5.69 Å². The second kappa shape index (κ2) is 8.90. The summed E-state index contributed by atoms with van der Waals surface area (Å²) in [5.41, 5.74) is 1.53. The van der Waals surface area contributed by atoms with Gasteiger partial charge in [0.05, 0.1) is 21.4 Å². The van der Waals surface area contributed by atoms with Crippen molar-refractivity contribution in [2.24, 2.45) is 11.8 Å². The number of nitro groups is 1. The van der Waals surface area contributed by atoms with Crippen molar-refractivity contribution < 1.29 is 13.3 Å². The topological polar surface area (TPSA) is 105 Å². The van der Waals surface area contributed by atoms with Crippen molar-refractivity contribution in [1.82, 2.24) is 14.6 Å². The molecular formula is C25H26N4O4S. The van der Waals surface area contributed by atoms with Crippen LogP contribution in [0.4, 0.5) is 5.69 Å². The minimum atomic E-state index is -3.94. The zero-order valence-corrected chi connectivity index (χ0v) is 19.4. The average molecular weight is 479 g/mol. The molecule has 3 saturated heterocycles. The number of rotatable bonds is 7. The lowest BCUT2D eigenvalue weighted by Crippen LogP contribution is -2.57. The van der Waals surface area contributed by atoms with Gasteiger partial charge in [0, 0.05) is 36.3 Å². The predicted molar refractivity (Wildman–Crippen MR) is 130 cm³/mol. The number of aromatic nitrogens is 1. The first-order valence-corrected chi connectivity index (χ1v) is 12.8. The van der Waals surface area contributed by atoms with Crippen LogP contribution in [0.15, 0.2) is 78.3 Å². The van der Waals surface area contributed by atoms with E-state index in [1.54, 1.807) is 6.20 Å². The molecule has 3 fully saturated rings. The third kappa shape index (κ3) is 4.11. The number of hydrogen-bond acceptors (Lipinski definition) is 6. The molecule has 3 aromatic rings. The number of nitrogens with one attached hydrogen (secondary N) is 1. The summed E-state index contributed by atoms with van der Waals surface area (Å²) >= 11 is 0. The van der Waals surface area contributed by atoms with Gasteiger partial charge in [-0.1, -0.05) is 24.3 Å². The maximum absolute atomic E-state index is 13.5. The Morgan fingerprint density at radius 3 is 2.62 bits per heavy atom. The van der Waals surface area contributed by atoms with Gasteiger partial charge in [-0.2, -0.15) is 0 Å². The Kier molecular flexibility index (Phi) is 5.93. The third-order valence-electron chi connectivity index (χ3n) is 7.20. The lowest BCUT2D eigenvalue weighted by atomic mass is 9.73. The Hall–Kier alpha value is -3.14. The van der Waals surface area contributed by atoms with Gasteiger partial charge in [0.15, 0.2) is 0 Å². The molecule has 8 nitrogen and oxygen atoms in total. The molecule has 2 aromatic carbocycles. The third-order valence-corrected chi connectivity index (χ3v) is 8.65. The van der Waals surface area contributed by atoms with Gasteiger partial charge in [-0.05, 0) is 61.1 Å². The molecule has 0 spiro atoms. The van der Waals surface area contributed by atoms with Crippen LogP contribution in [0.5, 0.6) is 0 Å². The van der Waals surface area contributed by atoms with Crippen molar-refractivity contribution >= 4 is 26.6 Å². The second-order valence-electron chi connectivity index (χ2n) is 9.01. The van der Waals surface area contributed by atoms with Gasteiger partial charge in [0.1, 0.15) is 0 Å². The van der Waals surface area contributed by atoms with Crippen LogP contribution in [0, 0.1) is 22.0 Å². The minimum absolute atomic E-state index is 0.00130. The highest BCUT2D eigenvalue weighted by molar-refractivity contribution is 7.89. The fourth-order valence-electron chi connectivity index (χ4n) is 5.44. The van der Waals surface area contributed by atoms with Crippen molar-refractivity contribution in [3.63, 3.8) is 0 Å². The zero-order chi connectivity index (χ0) is 23.9. The molecule has 6 rings (SSSR count). The van der Waals surface area contributed by atoms with E-state index in [-0.39, 0.29) is 16.6 Å². The molecule has 4 heterocycles. The fourth-order valence-corrected chi connectivity index (χ4v) is 6.69. The largest absolute Gasteiger partial charge is 0.298 e. The number of fused-ring (bicyclic) bond motifs is 4. The van der Waals surface area contributed by atoms with Crippen LogP contribution >= 0.6 is 0 Å². The average Bonchev–Trinajstić information content (AvgIpc) is 2.87. The van der Waals surface area contributed by atoms with Crippen LogP contribution in [0.3, 0.4) is 0 Å². The molecule has 3 aliphatic rings. The Morgan fingerprint density at radius 1 is 1.18 bits per heavy atom. The highest BCUT2D eigenvalue weighted by atomic mass is 32.2. The number of nitrogens with zero attached hydrogens (tertiary/aromatic N) is 3. The lowest BCUT2D eigenvalue weighted by Gasteiger charge is -2.51. The quantitative estimate of drug-likeness (QED) is 0.312. The van der Waals surface area contributed by atoms with E-state index in [0.717, 1.165) is 42.4 Å². The summed E-state index contributed by atoms with van der Waals surface area (Å²) < 4.78 is 29.9. The number of piperidine rings is 3. The smallest absolute Gasteiger partial charge is 0.269 e. The maximum Gasteiger partial charge on any atom is 0.269 e. The van der Waals surface area contributed by atoms with Gasteiger partial charge in [-0.3, -0.25) is 20.0 Å². The number of nitro benzene ring substituents is 1. The summed E-state index contributed by atoms with van der Waals surface area (Å²) in [5.74, 6) is 0.873. The molecule has 0 amide bonds. The Morgan fingerprint density at radius 2 is 1.94 bits per heavy atom. The molecule has 176 valence electrons. The standard InChI is InChI=1S/C25H26N4O4S/c1-2-17-16-28-14-12-18(17)15-24(28)25(22-11-13-26-23-6-4-3-5-21(22)23)27-34(32,33)20-9-7-19(8-10-20)29(30)31/h2-11,13,17-18,24-25,27H,1,12,14-16H2/t17?,18?,24?,25-/m0/s1. The Bertz CT molecular complexity index is 1340. The number of non-ortho nitro benzene ring substituents is 1. The molecule has 9 heteroatoms. The first kappa shape index (κ1) is 22.6. The lowest BCUT2D eigenvalue weighted by molar-refractivity contribution is -0.384. The molecule has 5 atom stereocenters. The van der Waals surface area contributed by atoms with Gasteiger partial charge in [-0.15, -0.1) is 6.58 Å². The number of sulfonamides is 1. The monoisotopic (exact) mass is 478 g/mol. The Balaban J connectivity index is 1.56. The Labute approximate surface area is 198 Å².